The van der Waals surface area contributed by atoms with Gasteiger partial charge in [0.05, 0.1) is 16.6 Å². The number of nitrogens with zero attached hydrogens (tertiary/aromatic N) is 1. The molecule has 4 aromatic rings. The molecule has 0 aliphatic rings. The van der Waals surface area contributed by atoms with Crippen LogP contribution in [0.15, 0.2) is 62.5 Å². The van der Waals surface area contributed by atoms with Crippen LogP contribution in [0.1, 0.15) is 13.8 Å². The van der Waals surface area contributed by atoms with Crippen molar-refractivity contribution in [2.24, 2.45) is 0 Å². The van der Waals surface area contributed by atoms with E-state index in [0.717, 1.165) is 18.8 Å². The third-order valence-electron chi connectivity index (χ3n) is 5.02. The zero-order chi connectivity index (χ0) is 19.8. The molecule has 0 saturated heterocycles. The van der Waals surface area contributed by atoms with Crippen molar-refractivity contribution in [3.63, 3.8) is 0 Å². The highest BCUT2D eigenvalue weighted by Gasteiger charge is 2.17. The van der Waals surface area contributed by atoms with Crippen LogP contribution in [-0.2, 0) is 0 Å². The lowest BCUT2D eigenvalue weighted by Crippen LogP contribution is -2.21. The Bertz CT molecular complexity index is 1300. The standard InChI is InChI=1S/C22H20N2O4/c1-3-24(4-2)14-10-9-13-11-17(22(27)28-18(13)12-14)19-20(25)15-7-5-6-8-16(15)21(26)23-19/h5-12,25H,3-4H2,1-2H3,(H,23,26). The first kappa shape index (κ1) is 17.9. The van der Waals surface area contributed by atoms with Crippen LogP contribution in [0, 0.1) is 0 Å². The SMILES string of the molecule is CCN(CC)c1ccc2cc(-c3[nH]c(=O)c4ccccc4c3O)c(=O)oc2c1. The van der Waals surface area contributed by atoms with Gasteiger partial charge in [0.25, 0.3) is 5.56 Å². The molecule has 0 aliphatic heterocycles. The van der Waals surface area contributed by atoms with E-state index in [9.17, 15) is 14.7 Å². The summed E-state index contributed by atoms with van der Waals surface area (Å²) in [6, 6.07) is 14.0. The molecule has 28 heavy (non-hydrogen) atoms. The van der Waals surface area contributed by atoms with E-state index in [1.54, 1.807) is 30.3 Å². The van der Waals surface area contributed by atoms with E-state index in [2.05, 4.69) is 23.7 Å². The topological polar surface area (TPSA) is 86.5 Å². The summed E-state index contributed by atoms with van der Waals surface area (Å²) < 4.78 is 5.52. The number of hydrogen-bond acceptors (Lipinski definition) is 5. The number of hydrogen-bond donors (Lipinski definition) is 2. The number of pyridine rings is 1. The quantitative estimate of drug-likeness (QED) is 0.528. The number of aromatic nitrogens is 1. The van der Waals surface area contributed by atoms with E-state index in [1.807, 2.05) is 18.2 Å². The van der Waals surface area contributed by atoms with Gasteiger partial charge in [0.15, 0.2) is 0 Å². The highest BCUT2D eigenvalue weighted by molar-refractivity contribution is 5.93. The second kappa shape index (κ2) is 6.88. The van der Waals surface area contributed by atoms with Crippen LogP contribution in [-0.4, -0.2) is 23.2 Å². The first-order chi connectivity index (χ1) is 13.5. The van der Waals surface area contributed by atoms with Gasteiger partial charge in [0, 0.05) is 35.6 Å². The fourth-order valence-electron chi connectivity index (χ4n) is 3.52. The number of H-pyrrole nitrogens is 1. The summed E-state index contributed by atoms with van der Waals surface area (Å²) in [5, 5.41) is 12.1. The molecule has 0 bridgehead atoms. The molecule has 6 heteroatoms. The smallest absolute Gasteiger partial charge is 0.345 e. The van der Waals surface area contributed by atoms with Crippen molar-refractivity contribution in [2.75, 3.05) is 18.0 Å². The first-order valence-electron chi connectivity index (χ1n) is 9.20. The highest BCUT2D eigenvalue weighted by atomic mass is 16.4. The average molecular weight is 376 g/mol. The monoisotopic (exact) mass is 376 g/mol. The summed E-state index contributed by atoms with van der Waals surface area (Å²) in [6.07, 6.45) is 0. The van der Waals surface area contributed by atoms with Crippen molar-refractivity contribution in [2.45, 2.75) is 13.8 Å². The maximum atomic E-state index is 12.6. The van der Waals surface area contributed by atoms with Gasteiger partial charge in [-0.05, 0) is 38.1 Å². The lowest BCUT2D eigenvalue weighted by Gasteiger charge is -2.21. The third-order valence-corrected chi connectivity index (χ3v) is 5.02. The van der Waals surface area contributed by atoms with Gasteiger partial charge in [-0.1, -0.05) is 18.2 Å². The summed E-state index contributed by atoms with van der Waals surface area (Å²) in [6.45, 7) is 5.81. The van der Waals surface area contributed by atoms with Gasteiger partial charge >= 0.3 is 5.63 Å². The number of anilines is 1. The highest BCUT2D eigenvalue weighted by Crippen LogP contribution is 2.32. The lowest BCUT2D eigenvalue weighted by molar-refractivity contribution is 0.480. The molecule has 4 rings (SSSR count). The summed E-state index contributed by atoms with van der Waals surface area (Å²) >= 11 is 0. The molecule has 0 unspecified atom stereocenters. The largest absolute Gasteiger partial charge is 0.505 e. The minimum absolute atomic E-state index is 0.0622. The van der Waals surface area contributed by atoms with Crippen molar-refractivity contribution in [3.05, 3.63) is 69.3 Å². The molecule has 2 heterocycles. The molecule has 0 spiro atoms. The van der Waals surface area contributed by atoms with E-state index in [4.69, 9.17) is 4.42 Å². The van der Waals surface area contributed by atoms with Crippen LogP contribution in [0.4, 0.5) is 5.69 Å². The molecule has 2 N–H and O–H groups in total. The summed E-state index contributed by atoms with van der Waals surface area (Å²) in [4.78, 5) is 29.8. The number of nitrogens with one attached hydrogen (secondary N) is 1. The molecular formula is C22H20N2O4. The molecular weight excluding hydrogens is 356 g/mol. The number of fused-ring (bicyclic) bond motifs is 2. The van der Waals surface area contributed by atoms with Gasteiger partial charge in [0.2, 0.25) is 0 Å². The normalized spacial score (nSPS) is 11.2. The van der Waals surface area contributed by atoms with Crippen molar-refractivity contribution in [1.29, 1.82) is 0 Å². The Balaban J connectivity index is 1.93. The molecule has 0 atom stereocenters. The predicted octanol–water partition coefficient (Wildman–Crippen LogP) is 3.85. The Morgan fingerprint density at radius 1 is 1.00 bits per heavy atom. The Labute approximate surface area is 160 Å². The molecule has 142 valence electrons. The lowest BCUT2D eigenvalue weighted by atomic mass is 10.1. The van der Waals surface area contributed by atoms with Crippen molar-refractivity contribution < 1.29 is 9.52 Å². The molecule has 0 fully saturated rings. The zero-order valence-corrected chi connectivity index (χ0v) is 15.7. The third kappa shape index (κ3) is 2.83. The molecule has 0 saturated carbocycles. The fourth-order valence-corrected chi connectivity index (χ4v) is 3.52. The second-order valence-electron chi connectivity index (χ2n) is 6.57. The van der Waals surface area contributed by atoms with E-state index in [-0.39, 0.29) is 22.6 Å². The van der Waals surface area contributed by atoms with Crippen molar-refractivity contribution in [3.8, 4) is 17.0 Å². The van der Waals surface area contributed by atoms with Gasteiger partial charge < -0.3 is 19.4 Å². The molecule has 2 aromatic carbocycles. The fraction of sp³-hybridized carbons (Fsp3) is 0.182. The van der Waals surface area contributed by atoms with Gasteiger partial charge in [-0.25, -0.2) is 4.79 Å². The van der Waals surface area contributed by atoms with Crippen LogP contribution < -0.4 is 16.1 Å². The maximum absolute atomic E-state index is 12.6. The number of rotatable bonds is 4. The number of aromatic hydroxyl groups is 1. The van der Waals surface area contributed by atoms with Crippen LogP contribution in [0.25, 0.3) is 33.0 Å². The Morgan fingerprint density at radius 3 is 2.43 bits per heavy atom. The number of benzene rings is 2. The van der Waals surface area contributed by atoms with E-state index in [0.29, 0.717) is 21.7 Å². The van der Waals surface area contributed by atoms with Crippen molar-refractivity contribution >= 4 is 27.4 Å². The van der Waals surface area contributed by atoms with Crippen LogP contribution in [0.5, 0.6) is 5.75 Å². The Kier molecular flexibility index (Phi) is 4.39. The summed E-state index contributed by atoms with van der Waals surface area (Å²) in [5.41, 5.74) is 0.608. The van der Waals surface area contributed by atoms with E-state index in [1.165, 1.54) is 0 Å². The van der Waals surface area contributed by atoms with Crippen LogP contribution >= 0.6 is 0 Å². The predicted molar refractivity (Wildman–Crippen MR) is 111 cm³/mol. The van der Waals surface area contributed by atoms with Gasteiger partial charge in [0.1, 0.15) is 11.3 Å². The molecule has 0 amide bonds. The minimum Gasteiger partial charge on any atom is -0.505 e. The van der Waals surface area contributed by atoms with Gasteiger partial charge in [-0.3, -0.25) is 4.79 Å². The first-order valence-corrected chi connectivity index (χ1v) is 9.20. The van der Waals surface area contributed by atoms with Gasteiger partial charge in [-0.15, -0.1) is 0 Å². The van der Waals surface area contributed by atoms with Gasteiger partial charge in [-0.2, -0.15) is 0 Å². The summed E-state index contributed by atoms with van der Waals surface area (Å²) in [5.74, 6) is -0.151. The van der Waals surface area contributed by atoms with Crippen LogP contribution in [0.2, 0.25) is 0 Å². The summed E-state index contributed by atoms with van der Waals surface area (Å²) in [7, 11) is 0. The molecule has 0 aliphatic carbocycles. The Hall–Kier alpha value is -3.54. The second-order valence-corrected chi connectivity index (χ2v) is 6.57. The number of aromatic amines is 1. The molecule has 2 aromatic heterocycles. The Morgan fingerprint density at radius 2 is 1.71 bits per heavy atom. The van der Waals surface area contributed by atoms with E-state index >= 15 is 0 Å². The van der Waals surface area contributed by atoms with Crippen molar-refractivity contribution in [1.82, 2.24) is 4.98 Å². The van der Waals surface area contributed by atoms with Crippen LogP contribution in [0.3, 0.4) is 0 Å². The van der Waals surface area contributed by atoms with E-state index < -0.39 is 5.63 Å². The average Bonchev–Trinajstić information content (AvgIpc) is 2.71. The molecule has 0 radical (unpaired) electrons. The zero-order valence-electron chi connectivity index (χ0n) is 15.7. The molecule has 6 nitrogen and oxygen atoms in total. The minimum atomic E-state index is -0.620. The maximum Gasteiger partial charge on any atom is 0.345 e.